The predicted octanol–water partition coefficient (Wildman–Crippen LogP) is 4.00. The number of anilines is 1. The number of rotatable bonds is 4. The Morgan fingerprint density at radius 3 is 2.55 bits per heavy atom. The smallest absolute Gasteiger partial charge is 0.333 e. The molecule has 2 aromatic rings. The van der Waals surface area contributed by atoms with E-state index < -0.39 is 17.3 Å². The first kappa shape index (κ1) is 14.5. The lowest BCUT2D eigenvalue weighted by Gasteiger charge is -2.29. The number of carboxylic acid groups (broad SMARTS) is 1. The van der Waals surface area contributed by atoms with Gasteiger partial charge in [0.25, 0.3) is 0 Å². The van der Waals surface area contributed by atoms with Gasteiger partial charge in [0, 0.05) is 15.7 Å². The third-order valence-electron chi connectivity index (χ3n) is 3.06. The fourth-order valence-corrected chi connectivity index (χ4v) is 2.64. The SMILES string of the molecule is CC(Nc1cccc(F)c1)(C(=O)O)c1ccccc1Br. The van der Waals surface area contributed by atoms with Crippen LogP contribution in [0.2, 0.25) is 0 Å². The predicted molar refractivity (Wildman–Crippen MR) is 79.2 cm³/mol. The topological polar surface area (TPSA) is 49.3 Å². The van der Waals surface area contributed by atoms with Gasteiger partial charge in [-0.25, -0.2) is 9.18 Å². The Morgan fingerprint density at radius 1 is 1.25 bits per heavy atom. The highest BCUT2D eigenvalue weighted by Gasteiger charge is 2.36. The Labute approximate surface area is 124 Å². The molecule has 2 rings (SSSR count). The number of carbonyl (C=O) groups is 1. The fraction of sp³-hybridized carbons (Fsp3) is 0.133. The minimum Gasteiger partial charge on any atom is -0.479 e. The van der Waals surface area contributed by atoms with Crippen LogP contribution in [0.15, 0.2) is 53.0 Å². The van der Waals surface area contributed by atoms with Crippen LogP contribution in [0.25, 0.3) is 0 Å². The van der Waals surface area contributed by atoms with E-state index in [0.717, 1.165) is 0 Å². The minimum atomic E-state index is -1.37. The standard InChI is InChI=1S/C15H13BrFNO2/c1-15(14(19)20,12-7-2-3-8-13(12)16)18-11-6-4-5-10(17)9-11/h2-9,18H,1H3,(H,19,20). The highest BCUT2D eigenvalue weighted by Crippen LogP contribution is 2.32. The van der Waals surface area contributed by atoms with E-state index in [1.807, 2.05) is 0 Å². The van der Waals surface area contributed by atoms with Crippen molar-refractivity contribution >= 4 is 27.6 Å². The Kier molecular flexibility index (Phi) is 4.09. The molecule has 0 aliphatic rings. The molecule has 5 heteroatoms. The van der Waals surface area contributed by atoms with E-state index in [0.29, 0.717) is 15.7 Å². The maximum atomic E-state index is 13.2. The van der Waals surface area contributed by atoms with Gasteiger partial charge in [-0.15, -0.1) is 0 Å². The summed E-state index contributed by atoms with van der Waals surface area (Å²) in [7, 11) is 0. The Morgan fingerprint density at radius 2 is 1.95 bits per heavy atom. The third-order valence-corrected chi connectivity index (χ3v) is 3.75. The second-order valence-corrected chi connectivity index (χ2v) is 5.40. The normalized spacial score (nSPS) is 13.6. The highest BCUT2D eigenvalue weighted by atomic mass is 79.9. The summed E-state index contributed by atoms with van der Waals surface area (Å²) in [5.74, 6) is -1.47. The lowest BCUT2D eigenvalue weighted by molar-refractivity contribution is -0.142. The van der Waals surface area contributed by atoms with Gasteiger partial charge in [0.15, 0.2) is 5.54 Å². The molecule has 20 heavy (non-hydrogen) atoms. The molecule has 0 fully saturated rings. The second kappa shape index (κ2) is 5.63. The van der Waals surface area contributed by atoms with E-state index in [1.165, 1.54) is 18.2 Å². The molecule has 2 N–H and O–H groups in total. The van der Waals surface area contributed by atoms with Crippen molar-refractivity contribution < 1.29 is 14.3 Å². The summed E-state index contributed by atoms with van der Waals surface area (Å²) in [6, 6.07) is 12.8. The number of nitrogens with one attached hydrogen (secondary N) is 1. The molecule has 1 atom stereocenters. The van der Waals surface area contributed by atoms with Crippen LogP contribution in [-0.4, -0.2) is 11.1 Å². The zero-order valence-electron chi connectivity index (χ0n) is 10.7. The van der Waals surface area contributed by atoms with Gasteiger partial charge in [-0.3, -0.25) is 0 Å². The van der Waals surface area contributed by atoms with E-state index in [-0.39, 0.29) is 0 Å². The summed E-state index contributed by atoms with van der Waals surface area (Å²) in [5.41, 5.74) is -0.393. The maximum absolute atomic E-state index is 13.2. The van der Waals surface area contributed by atoms with Crippen LogP contribution in [-0.2, 0) is 10.3 Å². The van der Waals surface area contributed by atoms with Gasteiger partial charge in [-0.1, -0.05) is 40.2 Å². The Bertz CT molecular complexity index is 647. The van der Waals surface area contributed by atoms with Gasteiger partial charge in [-0.2, -0.15) is 0 Å². The third kappa shape index (κ3) is 2.82. The van der Waals surface area contributed by atoms with Crippen molar-refractivity contribution in [1.29, 1.82) is 0 Å². The number of benzene rings is 2. The average molecular weight is 338 g/mol. The Hall–Kier alpha value is -1.88. The van der Waals surface area contributed by atoms with Crippen LogP contribution in [0, 0.1) is 5.82 Å². The van der Waals surface area contributed by atoms with E-state index in [2.05, 4.69) is 21.2 Å². The molecular formula is C15H13BrFNO2. The molecule has 1 unspecified atom stereocenters. The minimum absolute atomic E-state index is 0.408. The fourth-order valence-electron chi connectivity index (χ4n) is 1.96. The van der Waals surface area contributed by atoms with Crippen LogP contribution in [0.1, 0.15) is 12.5 Å². The zero-order chi connectivity index (χ0) is 14.8. The molecular weight excluding hydrogens is 325 g/mol. The van der Waals surface area contributed by atoms with Gasteiger partial charge in [0.05, 0.1) is 0 Å². The molecule has 0 saturated carbocycles. The molecule has 0 aliphatic heterocycles. The van der Waals surface area contributed by atoms with E-state index in [9.17, 15) is 14.3 Å². The molecule has 3 nitrogen and oxygen atoms in total. The molecule has 0 saturated heterocycles. The van der Waals surface area contributed by atoms with Crippen LogP contribution >= 0.6 is 15.9 Å². The van der Waals surface area contributed by atoms with Gasteiger partial charge in [0.2, 0.25) is 0 Å². The summed E-state index contributed by atoms with van der Waals surface area (Å²) < 4.78 is 13.9. The molecule has 0 heterocycles. The monoisotopic (exact) mass is 337 g/mol. The number of halogens is 2. The van der Waals surface area contributed by atoms with Crippen LogP contribution < -0.4 is 5.32 Å². The first-order chi connectivity index (χ1) is 9.43. The van der Waals surface area contributed by atoms with E-state index >= 15 is 0 Å². The molecule has 2 aromatic carbocycles. The van der Waals surface area contributed by atoms with Crippen molar-refractivity contribution in [1.82, 2.24) is 0 Å². The first-order valence-electron chi connectivity index (χ1n) is 5.95. The summed E-state index contributed by atoms with van der Waals surface area (Å²) in [6.45, 7) is 1.54. The lowest BCUT2D eigenvalue weighted by Crippen LogP contribution is -2.40. The largest absolute Gasteiger partial charge is 0.479 e. The van der Waals surface area contributed by atoms with Crippen LogP contribution in [0.4, 0.5) is 10.1 Å². The van der Waals surface area contributed by atoms with Gasteiger partial charge in [0.1, 0.15) is 5.82 Å². The maximum Gasteiger partial charge on any atom is 0.333 e. The summed E-state index contributed by atoms with van der Waals surface area (Å²) in [6.07, 6.45) is 0. The first-order valence-corrected chi connectivity index (χ1v) is 6.75. The quantitative estimate of drug-likeness (QED) is 0.886. The molecule has 0 aromatic heterocycles. The van der Waals surface area contributed by atoms with Crippen molar-refractivity contribution in [2.45, 2.75) is 12.5 Å². The highest BCUT2D eigenvalue weighted by molar-refractivity contribution is 9.10. The summed E-state index contributed by atoms with van der Waals surface area (Å²) >= 11 is 3.35. The van der Waals surface area contributed by atoms with Crippen molar-refractivity contribution in [3.63, 3.8) is 0 Å². The molecule has 0 bridgehead atoms. The molecule has 0 radical (unpaired) electrons. The van der Waals surface area contributed by atoms with Crippen molar-refractivity contribution in [2.75, 3.05) is 5.32 Å². The van der Waals surface area contributed by atoms with Crippen molar-refractivity contribution in [3.05, 3.63) is 64.4 Å². The van der Waals surface area contributed by atoms with Gasteiger partial charge in [-0.05, 0) is 31.2 Å². The zero-order valence-corrected chi connectivity index (χ0v) is 12.3. The van der Waals surface area contributed by atoms with E-state index in [1.54, 1.807) is 37.3 Å². The summed E-state index contributed by atoms with van der Waals surface area (Å²) in [4.78, 5) is 11.7. The van der Waals surface area contributed by atoms with Gasteiger partial charge < -0.3 is 10.4 Å². The second-order valence-electron chi connectivity index (χ2n) is 4.55. The molecule has 0 amide bonds. The number of carboxylic acids is 1. The lowest BCUT2D eigenvalue weighted by atomic mass is 9.91. The molecule has 0 aliphatic carbocycles. The molecule has 104 valence electrons. The molecule has 0 spiro atoms. The Balaban J connectivity index is 2.46. The van der Waals surface area contributed by atoms with Crippen molar-refractivity contribution in [2.24, 2.45) is 0 Å². The average Bonchev–Trinajstić information content (AvgIpc) is 2.38. The van der Waals surface area contributed by atoms with Crippen LogP contribution in [0.3, 0.4) is 0 Å². The summed E-state index contributed by atoms with van der Waals surface area (Å²) in [5, 5.41) is 12.4. The van der Waals surface area contributed by atoms with E-state index in [4.69, 9.17) is 0 Å². The number of aliphatic carboxylic acids is 1. The number of hydrogen-bond acceptors (Lipinski definition) is 2. The van der Waals surface area contributed by atoms with Crippen LogP contribution in [0.5, 0.6) is 0 Å². The number of hydrogen-bond donors (Lipinski definition) is 2. The van der Waals surface area contributed by atoms with Gasteiger partial charge >= 0.3 is 5.97 Å². The van der Waals surface area contributed by atoms with Crippen molar-refractivity contribution in [3.8, 4) is 0 Å².